The molecule has 0 aliphatic rings. The van der Waals surface area contributed by atoms with Gasteiger partial charge in [-0.15, -0.1) is 0 Å². The van der Waals surface area contributed by atoms with Crippen molar-refractivity contribution in [1.82, 2.24) is 0 Å². The molecular weight excluding hydrogens is 296 g/mol. The van der Waals surface area contributed by atoms with Crippen molar-refractivity contribution in [3.05, 3.63) is 58.6 Å². The van der Waals surface area contributed by atoms with Crippen molar-refractivity contribution < 1.29 is 9.90 Å². The van der Waals surface area contributed by atoms with Gasteiger partial charge in [-0.1, -0.05) is 23.8 Å². The van der Waals surface area contributed by atoms with Crippen molar-refractivity contribution >= 4 is 40.4 Å². The van der Waals surface area contributed by atoms with Crippen LogP contribution in [-0.4, -0.2) is 16.0 Å². The fourth-order valence-corrected chi connectivity index (χ4v) is 1.91. The molecule has 2 rings (SSSR count). The van der Waals surface area contributed by atoms with Gasteiger partial charge in [0, 0.05) is 16.3 Å². The summed E-state index contributed by atoms with van der Waals surface area (Å²) in [6.07, 6.45) is 0. The number of amides is 1. The molecule has 4 nitrogen and oxygen atoms in total. The molecule has 0 aromatic heterocycles. The number of phenolic OH excluding ortho intramolecular Hbond substituents is 1. The number of carbonyl (C=O) groups is 1. The first-order chi connectivity index (χ1) is 9.47. The lowest BCUT2D eigenvalue weighted by atomic mass is 10.1. The minimum atomic E-state index is -0.451. The maximum atomic E-state index is 12.0. The van der Waals surface area contributed by atoms with Gasteiger partial charge in [-0.05, 0) is 42.5 Å². The van der Waals surface area contributed by atoms with Crippen LogP contribution in [-0.2, 0) is 0 Å². The largest absolute Gasteiger partial charge is 0.507 e. The summed E-state index contributed by atoms with van der Waals surface area (Å²) >= 11 is 10.6. The van der Waals surface area contributed by atoms with Crippen LogP contribution in [0.25, 0.3) is 0 Å². The van der Waals surface area contributed by atoms with Crippen LogP contribution in [0, 0.1) is 0 Å². The van der Waals surface area contributed by atoms with Crippen molar-refractivity contribution in [2.45, 2.75) is 0 Å². The van der Waals surface area contributed by atoms with Crippen molar-refractivity contribution in [3.8, 4) is 5.75 Å². The van der Waals surface area contributed by atoms with Crippen LogP contribution < -0.4 is 11.1 Å². The minimum Gasteiger partial charge on any atom is -0.507 e. The van der Waals surface area contributed by atoms with Gasteiger partial charge in [0.05, 0.1) is 5.56 Å². The Kier molecular flexibility index (Phi) is 4.22. The van der Waals surface area contributed by atoms with E-state index >= 15 is 0 Å². The Morgan fingerprint density at radius 1 is 1.20 bits per heavy atom. The zero-order valence-corrected chi connectivity index (χ0v) is 11.8. The lowest BCUT2D eigenvalue weighted by molar-refractivity contribution is 0.102. The summed E-state index contributed by atoms with van der Waals surface area (Å²) in [5.41, 5.74) is 6.87. The van der Waals surface area contributed by atoms with E-state index in [-0.39, 0.29) is 16.3 Å². The van der Waals surface area contributed by atoms with Gasteiger partial charge in [0.1, 0.15) is 10.7 Å². The number of carbonyl (C=O) groups excluding carboxylic acids is 1. The molecule has 6 heteroatoms. The highest BCUT2D eigenvalue weighted by Gasteiger charge is 2.12. The number of anilines is 1. The fourth-order valence-electron chi connectivity index (χ4n) is 1.61. The number of nitrogens with one attached hydrogen (secondary N) is 1. The van der Waals surface area contributed by atoms with Gasteiger partial charge >= 0.3 is 0 Å². The Balaban J connectivity index is 2.19. The molecule has 0 aliphatic heterocycles. The second kappa shape index (κ2) is 5.90. The summed E-state index contributed by atoms with van der Waals surface area (Å²) in [6.45, 7) is 0. The number of thiocarbonyl (C=S) groups is 1. The lowest BCUT2D eigenvalue weighted by Gasteiger charge is -2.08. The summed E-state index contributed by atoms with van der Waals surface area (Å²) in [7, 11) is 0. The van der Waals surface area contributed by atoms with E-state index in [1.807, 2.05) is 0 Å². The van der Waals surface area contributed by atoms with E-state index in [1.54, 1.807) is 24.3 Å². The molecule has 2 aromatic rings. The standard InChI is InChI=1S/C14H11ClN2O2S/c15-9-3-6-12(18)11(7-9)14(19)17-10-4-1-8(2-5-10)13(16)20/h1-7,18H,(H2,16,20)(H,17,19). The number of halogens is 1. The van der Waals surface area contributed by atoms with E-state index < -0.39 is 5.91 Å². The number of benzene rings is 2. The third kappa shape index (κ3) is 3.26. The van der Waals surface area contributed by atoms with E-state index in [9.17, 15) is 9.90 Å². The molecule has 0 saturated carbocycles. The Morgan fingerprint density at radius 3 is 2.45 bits per heavy atom. The SMILES string of the molecule is NC(=S)c1ccc(NC(=O)c2cc(Cl)ccc2O)cc1. The quantitative estimate of drug-likeness (QED) is 0.762. The maximum Gasteiger partial charge on any atom is 0.259 e. The molecule has 0 bridgehead atoms. The zero-order chi connectivity index (χ0) is 14.7. The van der Waals surface area contributed by atoms with Gasteiger partial charge in [0.25, 0.3) is 5.91 Å². The normalized spacial score (nSPS) is 10.1. The maximum absolute atomic E-state index is 12.0. The first-order valence-electron chi connectivity index (χ1n) is 5.67. The Bertz CT molecular complexity index is 671. The van der Waals surface area contributed by atoms with E-state index in [2.05, 4.69) is 5.32 Å². The van der Waals surface area contributed by atoms with Gasteiger partial charge in [0.15, 0.2) is 0 Å². The molecule has 0 radical (unpaired) electrons. The molecule has 102 valence electrons. The topological polar surface area (TPSA) is 75.3 Å². The highest BCUT2D eigenvalue weighted by molar-refractivity contribution is 7.80. The average molecular weight is 307 g/mol. The summed E-state index contributed by atoms with van der Waals surface area (Å²) in [4.78, 5) is 12.3. The van der Waals surface area contributed by atoms with Crippen LogP contribution in [0.4, 0.5) is 5.69 Å². The zero-order valence-electron chi connectivity index (χ0n) is 10.3. The molecule has 0 aliphatic carbocycles. The number of hydrogen-bond acceptors (Lipinski definition) is 3. The van der Waals surface area contributed by atoms with Crippen molar-refractivity contribution in [2.24, 2.45) is 5.73 Å². The molecular formula is C14H11ClN2O2S. The van der Waals surface area contributed by atoms with E-state index in [0.717, 1.165) is 0 Å². The summed E-state index contributed by atoms with van der Waals surface area (Å²) in [5.74, 6) is -0.584. The molecule has 0 heterocycles. The van der Waals surface area contributed by atoms with Gasteiger partial charge in [-0.2, -0.15) is 0 Å². The molecule has 20 heavy (non-hydrogen) atoms. The average Bonchev–Trinajstić information content (AvgIpc) is 2.42. The Labute approximate surface area is 126 Å². The Hall–Kier alpha value is -2.11. The highest BCUT2D eigenvalue weighted by Crippen LogP contribution is 2.22. The number of rotatable bonds is 3. The van der Waals surface area contributed by atoms with Gasteiger partial charge < -0.3 is 16.2 Å². The lowest BCUT2D eigenvalue weighted by Crippen LogP contribution is -2.13. The first kappa shape index (κ1) is 14.3. The molecule has 4 N–H and O–H groups in total. The molecule has 0 saturated heterocycles. The number of hydrogen-bond donors (Lipinski definition) is 3. The predicted molar refractivity (Wildman–Crippen MR) is 83.4 cm³/mol. The highest BCUT2D eigenvalue weighted by atomic mass is 35.5. The second-order valence-electron chi connectivity index (χ2n) is 4.06. The number of nitrogens with two attached hydrogens (primary N) is 1. The van der Waals surface area contributed by atoms with E-state index in [1.165, 1.54) is 18.2 Å². The van der Waals surface area contributed by atoms with Gasteiger partial charge in [-0.25, -0.2) is 0 Å². The first-order valence-corrected chi connectivity index (χ1v) is 6.46. The number of phenols is 1. The van der Waals surface area contributed by atoms with Crippen molar-refractivity contribution in [3.63, 3.8) is 0 Å². The van der Waals surface area contributed by atoms with Crippen LogP contribution in [0.15, 0.2) is 42.5 Å². The van der Waals surface area contributed by atoms with Crippen LogP contribution in [0.2, 0.25) is 5.02 Å². The van der Waals surface area contributed by atoms with Gasteiger partial charge in [-0.3, -0.25) is 4.79 Å². The molecule has 2 aromatic carbocycles. The molecule has 0 atom stereocenters. The molecule has 0 spiro atoms. The van der Waals surface area contributed by atoms with Crippen LogP contribution >= 0.6 is 23.8 Å². The van der Waals surface area contributed by atoms with Gasteiger partial charge in [0.2, 0.25) is 0 Å². The van der Waals surface area contributed by atoms with E-state index in [4.69, 9.17) is 29.6 Å². The molecule has 0 fully saturated rings. The predicted octanol–water partition coefficient (Wildman–Crippen LogP) is 2.93. The fraction of sp³-hybridized carbons (Fsp3) is 0. The molecule has 0 unspecified atom stereocenters. The van der Waals surface area contributed by atoms with Crippen LogP contribution in [0.1, 0.15) is 15.9 Å². The molecule has 1 amide bonds. The Morgan fingerprint density at radius 2 is 1.85 bits per heavy atom. The summed E-state index contributed by atoms with van der Waals surface area (Å²) in [5, 5.41) is 12.7. The van der Waals surface area contributed by atoms with E-state index in [0.29, 0.717) is 16.3 Å². The third-order valence-electron chi connectivity index (χ3n) is 2.63. The summed E-state index contributed by atoms with van der Waals surface area (Å²) in [6, 6.07) is 11.0. The van der Waals surface area contributed by atoms with Crippen LogP contribution in [0.3, 0.4) is 0 Å². The number of aromatic hydroxyl groups is 1. The monoisotopic (exact) mass is 306 g/mol. The van der Waals surface area contributed by atoms with Crippen molar-refractivity contribution in [1.29, 1.82) is 0 Å². The third-order valence-corrected chi connectivity index (χ3v) is 3.10. The smallest absolute Gasteiger partial charge is 0.259 e. The second-order valence-corrected chi connectivity index (χ2v) is 4.93. The van der Waals surface area contributed by atoms with Crippen molar-refractivity contribution in [2.75, 3.05) is 5.32 Å². The summed E-state index contributed by atoms with van der Waals surface area (Å²) < 4.78 is 0. The minimum absolute atomic E-state index is 0.107. The van der Waals surface area contributed by atoms with Crippen LogP contribution in [0.5, 0.6) is 5.75 Å².